The molecule has 2 rings (SSSR count). The van der Waals surface area contributed by atoms with Crippen LogP contribution in [-0.2, 0) is 19.2 Å². The molecule has 116 valence electrons. The van der Waals surface area contributed by atoms with E-state index in [0.29, 0.717) is 6.42 Å². The van der Waals surface area contributed by atoms with E-state index in [1.54, 1.807) is 27.7 Å². The van der Waals surface area contributed by atoms with E-state index in [9.17, 15) is 19.2 Å². The molecule has 2 unspecified atom stereocenters. The summed E-state index contributed by atoms with van der Waals surface area (Å²) < 4.78 is 0. The summed E-state index contributed by atoms with van der Waals surface area (Å²) in [5.41, 5.74) is -0.960. The molecule has 2 aliphatic heterocycles. The van der Waals surface area contributed by atoms with Crippen molar-refractivity contribution in [1.82, 2.24) is 9.80 Å². The minimum atomic E-state index is -0.960. The predicted molar refractivity (Wildman–Crippen MR) is 74.8 cm³/mol. The van der Waals surface area contributed by atoms with E-state index in [1.807, 2.05) is 6.92 Å². The third kappa shape index (κ3) is 2.00. The van der Waals surface area contributed by atoms with E-state index in [0.717, 1.165) is 9.80 Å². The molecule has 2 aliphatic rings. The van der Waals surface area contributed by atoms with E-state index in [1.165, 1.54) is 0 Å². The van der Waals surface area contributed by atoms with Crippen LogP contribution >= 0.6 is 0 Å². The van der Waals surface area contributed by atoms with E-state index in [-0.39, 0.29) is 12.6 Å². The first-order valence-corrected chi connectivity index (χ1v) is 7.38. The second-order valence-corrected chi connectivity index (χ2v) is 6.66. The summed E-state index contributed by atoms with van der Waals surface area (Å²) in [5.74, 6) is -3.79. The summed E-state index contributed by atoms with van der Waals surface area (Å²) in [4.78, 5) is 52.6. The number of nitrogens with zero attached hydrogens (tertiary/aromatic N) is 2. The molecular weight excluding hydrogens is 272 g/mol. The summed E-state index contributed by atoms with van der Waals surface area (Å²) in [6, 6.07) is -0.357. The molecule has 0 aromatic carbocycles. The Hall–Kier alpha value is -1.72. The minimum absolute atomic E-state index is 0.253. The molecule has 2 heterocycles. The zero-order chi connectivity index (χ0) is 16.1. The molecule has 6 heteroatoms. The first-order valence-electron chi connectivity index (χ1n) is 7.38. The van der Waals surface area contributed by atoms with E-state index in [2.05, 4.69) is 0 Å². The molecule has 0 aromatic heterocycles. The highest BCUT2D eigenvalue weighted by Gasteiger charge is 2.64. The Morgan fingerprint density at radius 3 is 1.71 bits per heavy atom. The molecule has 6 nitrogen and oxygen atoms in total. The number of carbonyl (C=O) groups is 4. The zero-order valence-corrected chi connectivity index (χ0v) is 13.2. The normalized spacial score (nSPS) is 28.7. The molecule has 21 heavy (non-hydrogen) atoms. The maximum Gasteiger partial charge on any atom is 0.242 e. The van der Waals surface area contributed by atoms with Crippen LogP contribution in [-0.4, -0.2) is 46.0 Å². The van der Waals surface area contributed by atoms with Gasteiger partial charge in [-0.3, -0.25) is 29.0 Å². The fourth-order valence-corrected chi connectivity index (χ4v) is 3.41. The van der Waals surface area contributed by atoms with Gasteiger partial charge in [0.15, 0.2) is 0 Å². The highest BCUT2D eigenvalue weighted by atomic mass is 16.2. The average molecular weight is 294 g/mol. The topological polar surface area (TPSA) is 74.8 Å². The molecule has 0 saturated carbocycles. The maximum atomic E-state index is 12.6. The van der Waals surface area contributed by atoms with Crippen molar-refractivity contribution in [3.8, 4) is 0 Å². The van der Waals surface area contributed by atoms with Crippen molar-refractivity contribution in [2.24, 2.45) is 17.3 Å². The highest BCUT2D eigenvalue weighted by Crippen LogP contribution is 2.47. The van der Waals surface area contributed by atoms with E-state index >= 15 is 0 Å². The van der Waals surface area contributed by atoms with E-state index in [4.69, 9.17) is 0 Å². The van der Waals surface area contributed by atoms with Crippen molar-refractivity contribution < 1.29 is 19.2 Å². The van der Waals surface area contributed by atoms with Gasteiger partial charge in [0, 0.05) is 18.0 Å². The molecule has 0 radical (unpaired) electrons. The Balaban J connectivity index is 2.56. The molecule has 2 bridgehead atoms. The Bertz CT molecular complexity index is 486. The lowest BCUT2D eigenvalue weighted by Crippen LogP contribution is -2.71. The number of fused-ring (bicyclic) bond motifs is 2. The van der Waals surface area contributed by atoms with Crippen molar-refractivity contribution in [2.75, 3.05) is 6.54 Å². The van der Waals surface area contributed by atoms with Crippen LogP contribution < -0.4 is 0 Å². The SMILES string of the molecule is CCCN1C(=O)C2C(=O)N(C(C)C)C(=O)C(C1=O)C2(C)C. The number of imide groups is 2. The molecular formula is C15H22N2O4. The Labute approximate surface area is 124 Å². The molecule has 2 atom stereocenters. The van der Waals surface area contributed by atoms with Gasteiger partial charge in [0.25, 0.3) is 0 Å². The lowest BCUT2D eigenvalue weighted by atomic mass is 9.62. The molecule has 2 saturated heterocycles. The first kappa shape index (κ1) is 15.7. The van der Waals surface area contributed by atoms with Crippen molar-refractivity contribution in [2.45, 2.75) is 47.1 Å². The number of hydrogen-bond acceptors (Lipinski definition) is 4. The Morgan fingerprint density at radius 2 is 1.38 bits per heavy atom. The number of hydrogen-bond donors (Lipinski definition) is 0. The maximum absolute atomic E-state index is 12.6. The third-order valence-electron chi connectivity index (χ3n) is 4.45. The van der Waals surface area contributed by atoms with Crippen molar-refractivity contribution in [3.63, 3.8) is 0 Å². The quantitative estimate of drug-likeness (QED) is 0.570. The Kier molecular flexibility index (Phi) is 3.68. The van der Waals surface area contributed by atoms with Gasteiger partial charge in [-0.25, -0.2) is 0 Å². The van der Waals surface area contributed by atoms with Crippen LogP contribution in [0.3, 0.4) is 0 Å². The van der Waals surface area contributed by atoms with Crippen LogP contribution in [0.2, 0.25) is 0 Å². The molecule has 0 N–H and O–H groups in total. The monoisotopic (exact) mass is 294 g/mol. The van der Waals surface area contributed by atoms with Crippen LogP contribution in [0.1, 0.15) is 41.0 Å². The van der Waals surface area contributed by atoms with Gasteiger partial charge in [-0.05, 0) is 20.3 Å². The van der Waals surface area contributed by atoms with E-state index < -0.39 is 40.9 Å². The number of carbonyl (C=O) groups excluding carboxylic acids is 4. The summed E-state index contributed by atoms with van der Waals surface area (Å²) >= 11 is 0. The average Bonchev–Trinajstić information content (AvgIpc) is 2.32. The molecule has 2 fully saturated rings. The van der Waals surface area contributed by atoms with Crippen LogP contribution in [0.15, 0.2) is 0 Å². The standard InChI is InChI=1S/C15H22N2O4/c1-6-7-16-11(18)9-13(20)17(8(2)3)14(21)10(12(16)19)15(9,4)5/h8-10H,6-7H2,1-5H3. The Morgan fingerprint density at radius 1 is 0.952 bits per heavy atom. The minimum Gasteiger partial charge on any atom is -0.281 e. The van der Waals surface area contributed by atoms with Crippen LogP contribution in [0.4, 0.5) is 0 Å². The first-order chi connectivity index (χ1) is 9.66. The van der Waals surface area contributed by atoms with Crippen molar-refractivity contribution in [3.05, 3.63) is 0 Å². The van der Waals surface area contributed by atoms with Gasteiger partial charge < -0.3 is 0 Å². The second-order valence-electron chi connectivity index (χ2n) is 6.66. The van der Waals surface area contributed by atoms with Crippen LogP contribution in [0.25, 0.3) is 0 Å². The molecule has 0 aliphatic carbocycles. The second kappa shape index (κ2) is 4.93. The van der Waals surface area contributed by atoms with Gasteiger partial charge in [0.05, 0.1) is 0 Å². The van der Waals surface area contributed by atoms with Crippen molar-refractivity contribution in [1.29, 1.82) is 0 Å². The molecule has 0 spiro atoms. The smallest absolute Gasteiger partial charge is 0.242 e. The lowest BCUT2D eigenvalue weighted by Gasteiger charge is -2.51. The van der Waals surface area contributed by atoms with Crippen LogP contribution in [0.5, 0.6) is 0 Å². The number of piperidine rings is 2. The summed E-state index contributed by atoms with van der Waals surface area (Å²) in [6.45, 7) is 8.85. The fourth-order valence-electron chi connectivity index (χ4n) is 3.41. The third-order valence-corrected chi connectivity index (χ3v) is 4.45. The largest absolute Gasteiger partial charge is 0.281 e. The number of rotatable bonds is 3. The molecule has 0 aromatic rings. The van der Waals surface area contributed by atoms with Gasteiger partial charge in [-0.2, -0.15) is 0 Å². The van der Waals surface area contributed by atoms with Gasteiger partial charge in [0.1, 0.15) is 11.8 Å². The number of amides is 4. The molecule has 4 amide bonds. The van der Waals surface area contributed by atoms with Crippen molar-refractivity contribution >= 4 is 23.6 Å². The van der Waals surface area contributed by atoms with Gasteiger partial charge >= 0.3 is 0 Å². The number of likely N-dealkylation sites (tertiary alicyclic amines) is 2. The van der Waals surface area contributed by atoms with Gasteiger partial charge in [0.2, 0.25) is 23.6 Å². The lowest BCUT2D eigenvalue weighted by molar-refractivity contribution is -0.185. The van der Waals surface area contributed by atoms with Gasteiger partial charge in [-0.1, -0.05) is 20.8 Å². The summed E-state index contributed by atoms with van der Waals surface area (Å²) in [6.07, 6.45) is 0.605. The highest BCUT2D eigenvalue weighted by molar-refractivity contribution is 6.22. The zero-order valence-electron chi connectivity index (χ0n) is 13.2. The van der Waals surface area contributed by atoms with Crippen LogP contribution in [0, 0.1) is 17.3 Å². The van der Waals surface area contributed by atoms with Gasteiger partial charge in [-0.15, -0.1) is 0 Å². The summed E-state index contributed by atoms with van der Waals surface area (Å²) in [5, 5.41) is 0. The summed E-state index contributed by atoms with van der Waals surface area (Å²) in [7, 11) is 0. The predicted octanol–water partition coefficient (Wildman–Crippen LogP) is 0.801. The fraction of sp³-hybridized carbons (Fsp3) is 0.733.